The van der Waals surface area contributed by atoms with E-state index in [1.165, 1.54) is 10.6 Å². The molecule has 3 rings (SSSR count). The summed E-state index contributed by atoms with van der Waals surface area (Å²) in [6, 6.07) is 10.1. The van der Waals surface area contributed by atoms with Crippen LogP contribution in [0.4, 0.5) is 5.69 Å². The third-order valence-electron chi connectivity index (χ3n) is 3.84. The summed E-state index contributed by atoms with van der Waals surface area (Å²) in [6.07, 6.45) is 1.48. The number of anilines is 1. The molecule has 0 spiro atoms. The summed E-state index contributed by atoms with van der Waals surface area (Å²) >= 11 is 6.33. The van der Waals surface area contributed by atoms with Crippen LogP contribution in [0.3, 0.4) is 0 Å². The van der Waals surface area contributed by atoms with Gasteiger partial charge in [-0.05, 0) is 29.7 Å². The number of hydrogen-bond donors (Lipinski definition) is 2. The van der Waals surface area contributed by atoms with Crippen molar-refractivity contribution in [2.75, 3.05) is 5.32 Å². The van der Waals surface area contributed by atoms with E-state index in [4.69, 9.17) is 11.6 Å². The normalized spacial score (nSPS) is 11.0. The summed E-state index contributed by atoms with van der Waals surface area (Å²) in [5, 5.41) is 13.0. The summed E-state index contributed by atoms with van der Waals surface area (Å²) in [7, 11) is 0. The molecular weight excluding hydrogens is 342 g/mol. The van der Waals surface area contributed by atoms with Crippen LogP contribution in [0.2, 0.25) is 5.02 Å². The van der Waals surface area contributed by atoms with E-state index in [1.807, 2.05) is 19.9 Å². The lowest BCUT2D eigenvalue weighted by atomic mass is 10.0. The zero-order valence-electron chi connectivity index (χ0n) is 13.7. The van der Waals surface area contributed by atoms with Crippen molar-refractivity contribution in [3.8, 4) is 5.88 Å². The molecule has 0 bridgehead atoms. The van der Waals surface area contributed by atoms with E-state index in [0.717, 1.165) is 5.56 Å². The molecule has 0 aliphatic carbocycles. The highest BCUT2D eigenvalue weighted by atomic mass is 35.5. The van der Waals surface area contributed by atoms with Gasteiger partial charge in [-0.2, -0.15) is 4.98 Å². The Morgan fingerprint density at radius 3 is 2.72 bits per heavy atom. The molecule has 0 unspecified atom stereocenters. The molecule has 0 radical (unpaired) electrons. The van der Waals surface area contributed by atoms with Gasteiger partial charge in [0.05, 0.1) is 10.7 Å². The maximum atomic E-state index is 12.5. The fourth-order valence-corrected chi connectivity index (χ4v) is 2.94. The first kappa shape index (κ1) is 17.0. The first-order valence-electron chi connectivity index (χ1n) is 7.70. The van der Waals surface area contributed by atoms with Gasteiger partial charge in [0.15, 0.2) is 5.56 Å². The van der Waals surface area contributed by atoms with Gasteiger partial charge in [-0.15, -0.1) is 0 Å². The Morgan fingerprint density at radius 2 is 2.00 bits per heavy atom. The Labute approximate surface area is 148 Å². The average Bonchev–Trinajstić information content (AvgIpc) is 2.56. The van der Waals surface area contributed by atoms with Crippen molar-refractivity contribution < 1.29 is 9.90 Å². The number of halogens is 1. The predicted octanol–water partition coefficient (Wildman–Crippen LogP) is 3.43. The standard InChI is InChI=1S/C18H16ClN3O3/c1-10(2)11-6-5-7-12(15(11)19)20-16(23)14-17(24)21-13-8-3-4-9-22(13)18(14)25/h3-10,24H,1-2H3,(H,20,23). The SMILES string of the molecule is CC(C)c1cccc(NC(=O)c2c(O)nc3ccccn3c2=O)c1Cl. The number of fused-ring (bicyclic) bond motifs is 1. The van der Waals surface area contributed by atoms with Crippen molar-refractivity contribution in [2.24, 2.45) is 0 Å². The number of carbonyl (C=O) groups excluding carboxylic acids is 1. The molecule has 1 aromatic carbocycles. The highest BCUT2D eigenvalue weighted by Gasteiger charge is 2.21. The number of amides is 1. The summed E-state index contributed by atoms with van der Waals surface area (Å²) in [6.45, 7) is 3.97. The smallest absolute Gasteiger partial charge is 0.274 e. The number of nitrogens with one attached hydrogen (secondary N) is 1. The van der Waals surface area contributed by atoms with E-state index in [0.29, 0.717) is 10.7 Å². The Kier molecular flexibility index (Phi) is 4.46. The summed E-state index contributed by atoms with van der Waals surface area (Å²) < 4.78 is 1.20. The molecule has 2 aromatic heterocycles. The van der Waals surface area contributed by atoms with Crippen LogP contribution in [0, 0.1) is 0 Å². The number of aromatic nitrogens is 2. The van der Waals surface area contributed by atoms with Gasteiger partial charge >= 0.3 is 0 Å². The Hall–Kier alpha value is -2.86. The molecule has 2 heterocycles. The lowest BCUT2D eigenvalue weighted by Crippen LogP contribution is -2.27. The first-order valence-corrected chi connectivity index (χ1v) is 8.08. The van der Waals surface area contributed by atoms with Crippen LogP contribution in [0.5, 0.6) is 5.88 Å². The quantitative estimate of drug-likeness (QED) is 0.752. The topological polar surface area (TPSA) is 83.7 Å². The molecule has 0 aliphatic rings. The minimum absolute atomic E-state index is 0.172. The number of hydrogen-bond acceptors (Lipinski definition) is 4. The number of carbonyl (C=O) groups is 1. The van der Waals surface area contributed by atoms with Gasteiger partial charge in [0.2, 0.25) is 5.88 Å². The third kappa shape index (κ3) is 3.08. The number of rotatable bonds is 3. The molecule has 2 N–H and O–H groups in total. The van der Waals surface area contributed by atoms with Crippen LogP contribution in [-0.4, -0.2) is 20.4 Å². The highest BCUT2D eigenvalue weighted by Crippen LogP contribution is 2.31. The van der Waals surface area contributed by atoms with Crippen molar-refractivity contribution in [1.82, 2.24) is 9.38 Å². The number of benzene rings is 1. The van der Waals surface area contributed by atoms with Crippen molar-refractivity contribution in [3.63, 3.8) is 0 Å². The lowest BCUT2D eigenvalue weighted by molar-refractivity contribution is 0.102. The second-order valence-corrected chi connectivity index (χ2v) is 6.24. The number of pyridine rings is 1. The van der Waals surface area contributed by atoms with Gasteiger partial charge in [-0.1, -0.05) is 43.6 Å². The van der Waals surface area contributed by atoms with E-state index in [9.17, 15) is 14.7 Å². The monoisotopic (exact) mass is 357 g/mol. The van der Waals surface area contributed by atoms with Gasteiger partial charge in [-0.3, -0.25) is 14.0 Å². The molecule has 6 nitrogen and oxygen atoms in total. The summed E-state index contributed by atoms with van der Waals surface area (Å²) in [5.41, 5.74) is 0.403. The van der Waals surface area contributed by atoms with Gasteiger partial charge in [-0.25, -0.2) is 0 Å². The fourth-order valence-electron chi connectivity index (χ4n) is 2.55. The summed E-state index contributed by atoms with van der Waals surface area (Å²) in [5.74, 6) is -1.22. The first-order chi connectivity index (χ1) is 11.9. The molecule has 0 saturated heterocycles. The molecule has 0 saturated carbocycles. The molecule has 0 aliphatic heterocycles. The van der Waals surface area contributed by atoms with Crippen LogP contribution in [0.1, 0.15) is 35.7 Å². The molecule has 7 heteroatoms. The maximum Gasteiger partial charge on any atom is 0.274 e. The molecule has 0 atom stereocenters. The van der Waals surface area contributed by atoms with Crippen molar-refractivity contribution in [3.05, 3.63) is 69.1 Å². The maximum absolute atomic E-state index is 12.5. The number of nitrogens with zero attached hydrogens (tertiary/aromatic N) is 2. The van der Waals surface area contributed by atoms with E-state index < -0.39 is 22.9 Å². The Morgan fingerprint density at radius 1 is 1.24 bits per heavy atom. The van der Waals surface area contributed by atoms with E-state index >= 15 is 0 Å². The van der Waals surface area contributed by atoms with Crippen LogP contribution in [-0.2, 0) is 0 Å². The molecule has 128 valence electrons. The van der Waals surface area contributed by atoms with Gasteiger partial charge in [0.1, 0.15) is 5.65 Å². The predicted molar refractivity (Wildman–Crippen MR) is 96.6 cm³/mol. The molecule has 25 heavy (non-hydrogen) atoms. The molecule has 0 fully saturated rings. The highest BCUT2D eigenvalue weighted by molar-refractivity contribution is 6.34. The van der Waals surface area contributed by atoms with Crippen molar-refractivity contribution in [2.45, 2.75) is 19.8 Å². The van der Waals surface area contributed by atoms with Crippen LogP contribution < -0.4 is 10.9 Å². The van der Waals surface area contributed by atoms with Gasteiger partial charge in [0, 0.05) is 6.20 Å². The van der Waals surface area contributed by atoms with Gasteiger partial charge in [0.25, 0.3) is 11.5 Å². The fraction of sp³-hybridized carbons (Fsp3) is 0.167. The second-order valence-electron chi connectivity index (χ2n) is 5.86. The molecule has 3 aromatic rings. The van der Waals surface area contributed by atoms with E-state index in [2.05, 4.69) is 10.3 Å². The Bertz CT molecular complexity index is 1030. The van der Waals surface area contributed by atoms with Crippen LogP contribution in [0.15, 0.2) is 47.4 Å². The lowest BCUT2D eigenvalue weighted by Gasteiger charge is -2.13. The van der Waals surface area contributed by atoms with Crippen LogP contribution in [0.25, 0.3) is 5.65 Å². The Balaban J connectivity index is 2.05. The van der Waals surface area contributed by atoms with E-state index in [-0.39, 0.29) is 11.6 Å². The zero-order valence-corrected chi connectivity index (χ0v) is 14.4. The summed E-state index contributed by atoms with van der Waals surface area (Å²) in [4.78, 5) is 29.0. The van der Waals surface area contributed by atoms with Crippen molar-refractivity contribution >= 4 is 28.8 Å². The second kappa shape index (κ2) is 6.57. The van der Waals surface area contributed by atoms with Gasteiger partial charge < -0.3 is 10.4 Å². The number of aromatic hydroxyl groups is 1. The average molecular weight is 358 g/mol. The van der Waals surface area contributed by atoms with Crippen LogP contribution >= 0.6 is 11.6 Å². The molecular formula is C18H16ClN3O3. The third-order valence-corrected chi connectivity index (χ3v) is 4.26. The molecule has 1 amide bonds. The zero-order chi connectivity index (χ0) is 18.1. The largest absolute Gasteiger partial charge is 0.493 e. The minimum atomic E-state index is -0.768. The van der Waals surface area contributed by atoms with Crippen molar-refractivity contribution in [1.29, 1.82) is 0 Å². The van der Waals surface area contributed by atoms with E-state index in [1.54, 1.807) is 30.3 Å². The minimum Gasteiger partial charge on any atom is -0.493 e.